The molecule has 0 saturated heterocycles. The maximum Gasteiger partial charge on any atom is 0.238 e. The van der Waals surface area contributed by atoms with Crippen molar-refractivity contribution in [3.63, 3.8) is 0 Å². The fourth-order valence-electron chi connectivity index (χ4n) is 1.79. The molecule has 3 N–H and O–H groups in total. The molecule has 8 heteroatoms. The first-order valence-corrected chi connectivity index (χ1v) is 8.40. The van der Waals surface area contributed by atoms with Crippen LogP contribution >= 0.6 is 12.4 Å². The van der Waals surface area contributed by atoms with Crippen molar-refractivity contribution in [2.45, 2.75) is 12.8 Å². The Hall–Kier alpha value is -1.31. The summed E-state index contributed by atoms with van der Waals surface area (Å²) in [6.45, 7) is 1.14. The summed E-state index contributed by atoms with van der Waals surface area (Å²) in [5.74, 6) is 0.590. The quantitative estimate of drug-likeness (QED) is 0.704. The van der Waals surface area contributed by atoms with E-state index in [-0.39, 0.29) is 24.9 Å². The molecule has 1 aromatic rings. The predicted octanol–water partition coefficient (Wildman–Crippen LogP) is 1.42. The summed E-state index contributed by atoms with van der Waals surface area (Å²) >= 11 is 0. The molecule has 1 amide bonds. The number of nitrogens with one attached hydrogen (secondary N) is 3. The van der Waals surface area contributed by atoms with Gasteiger partial charge in [0, 0.05) is 5.69 Å². The van der Waals surface area contributed by atoms with Crippen LogP contribution in [-0.4, -0.2) is 33.7 Å². The minimum absolute atomic E-state index is 0. The lowest BCUT2D eigenvalue weighted by atomic mass is 10.3. The zero-order valence-electron chi connectivity index (χ0n) is 11.8. The van der Waals surface area contributed by atoms with Crippen LogP contribution < -0.4 is 15.4 Å². The second-order valence-corrected chi connectivity index (χ2v) is 6.83. The third-order valence-corrected chi connectivity index (χ3v) is 3.47. The van der Waals surface area contributed by atoms with Crippen LogP contribution in [0.2, 0.25) is 0 Å². The number of carbonyl (C=O) groups is 1. The molecule has 1 aromatic carbocycles. The molecule has 2 rings (SSSR count). The molecule has 0 bridgehead atoms. The van der Waals surface area contributed by atoms with E-state index < -0.39 is 10.0 Å². The number of halogens is 1. The summed E-state index contributed by atoms with van der Waals surface area (Å²) < 4.78 is 24.6. The number of sulfonamides is 1. The molecule has 1 fully saturated rings. The first-order valence-electron chi connectivity index (χ1n) is 6.51. The normalized spacial score (nSPS) is 14.1. The van der Waals surface area contributed by atoms with Gasteiger partial charge in [0.2, 0.25) is 15.9 Å². The van der Waals surface area contributed by atoms with Crippen LogP contribution in [0.25, 0.3) is 0 Å². The van der Waals surface area contributed by atoms with Crippen molar-refractivity contribution in [1.82, 2.24) is 5.32 Å². The van der Waals surface area contributed by atoms with Gasteiger partial charge < -0.3 is 10.6 Å². The van der Waals surface area contributed by atoms with Crippen molar-refractivity contribution in [2.75, 3.05) is 29.4 Å². The summed E-state index contributed by atoms with van der Waals surface area (Å²) in [6.07, 6.45) is 3.57. The molecule has 21 heavy (non-hydrogen) atoms. The standard InChI is InChI=1S/C13H19N3O3S.ClH/c1-20(18,19)16-12-4-2-3-11(7-12)15-13(17)9-14-8-10-5-6-10;/h2-4,7,10,14,16H,5-6,8-9H2,1H3,(H,15,17);1H. The molecule has 0 spiro atoms. The lowest BCUT2D eigenvalue weighted by Crippen LogP contribution is -2.29. The molecular formula is C13H20ClN3O3S. The smallest absolute Gasteiger partial charge is 0.238 e. The number of carbonyl (C=O) groups excluding carboxylic acids is 1. The first-order chi connectivity index (χ1) is 9.42. The van der Waals surface area contributed by atoms with E-state index in [4.69, 9.17) is 0 Å². The Kier molecular flexibility index (Phi) is 6.44. The van der Waals surface area contributed by atoms with E-state index in [0.717, 1.165) is 18.7 Å². The molecule has 0 heterocycles. The Bertz CT molecular complexity index is 588. The molecule has 0 radical (unpaired) electrons. The van der Waals surface area contributed by atoms with E-state index in [1.807, 2.05) is 0 Å². The number of amides is 1. The zero-order valence-corrected chi connectivity index (χ0v) is 13.4. The molecular weight excluding hydrogens is 314 g/mol. The third kappa shape index (κ3) is 7.31. The van der Waals surface area contributed by atoms with Gasteiger partial charge in [-0.1, -0.05) is 6.07 Å². The second-order valence-electron chi connectivity index (χ2n) is 5.08. The van der Waals surface area contributed by atoms with E-state index in [2.05, 4.69) is 15.4 Å². The number of rotatable bonds is 7. The topological polar surface area (TPSA) is 87.3 Å². The number of anilines is 2. The van der Waals surface area contributed by atoms with Gasteiger partial charge in [-0.3, -0.25) is 9.52 Å². The Morgan fingerprint density at radius 1 is 1.29 bits per heavy atom. The Labute approximate surface area is 131 Å². The van der Waals surface area contributed by atoms with Crippen LogP contribution in [0.15, 0.2) is 24.3 Å². The molecule has 0 aromatic heterocycles. The zero-order chi connectivity index (χ0) is 14.6. The SMILES string of the molecule is CS(=O)(=O)Nc1cccc(NC(=O)CNCC2CC2)c1.Cl. The average molecular weight is 334 g/mol. The maximum absolute atomic E-state index is 11.7. The minimum atomic E-state index is -3.31. The van der Waals surface area contributed by atoms with Crippen molar-refractivity contribution in [2.24, 2.45) is 5.92 Å². The van der Waals surface area contributed by atoms with Gasteiger partial charge in [0.05, 0.1) is 18.5 Å². The van der Waals surface area contributed by atoms with E-state index >= 15 is 0 Å². The number of hydrogen-bond acceptors (Lipinski definition) is 4. The van der Waals surface area contributed by atoms with Crippen LogP contribution in [-0.2, 0) is 14.8 Å². The molecule has 6 nitrogen and oxygen atoms in total. The highest BCUT2D eigenvalue weighted by Crippen LogP contribution is 2.27. The Balaban J connectivity index is 0.00000220. The molecule has 0 unspecified atom stereocenters. The minimum Gasteiger partial charge on any atom is -0.325 e. The average Bonchev–Trinajstić information content (AvgIpc) is 3.11. The molecule has 118 valence electrons. The number of hydrogen-bond donors (Lipinski definition) is 3. The highest BCUT2D eigenvalue weighted by molar-refractivity contribution is 7.92. The Morgan fingerprint density at radius 2 is 1.95 bits per heavy atom. The first kappa shape index (κ1) is 17.7. The second kappa shape index (κ2) is 7.63. The summed E-state index contributed by atoms with van der Waals surface area (Å²) in [5, 5.41) is 5.82. The van der Waals surface area contributed by atoms with Crippen molar-refractivity contribution in [3.8, 4) is 0 Å². The van der Waals surface area contributed by atoms with Gasteiger partial charge in [-0.15, -0.1) is 12.4 Å². The van der Waals surface area contributed by atoms with Crippen molar-refractivity contribution >= 4 is 39.7 Å². The van der Waals surface area contributed by atoms with Crippen LogP contribution in [0.1, 0.15) is 12.8 Å². The lowest BCUT2D eigenvalue weighted by molar-refractivity contribution is -0.115. The van der Waals surface area contributed by atoms with Gasteiger partial charge in [0.25, 0.3) is 0 Å². The van der Waals surface area contributed by atoms with Crippen molar-refractivity contribution in [3.05, 3.63) is 24.3 Å². The summed E-state index contributed by atoms with van der Waals surface area (Å²) in [6, 6.07) is 6.61. The van der Waals surface area contributed by atoms with Crippen molar-refractivity contribution in [1.29, 1.82) is 0 Å². The summed E-state index contributed by atoms with van der Waals surface area (Å²) in [4.78, 5) is 11.7. The summed E-state index contributed by atoms with van der Waals surface area (Å²) in [5.41, 5.74) is 0.994. The molecule has 0 atom stereocenters. The van der Waals surface area contributed by atoms with Crippen LogP contribution in [0.4, 0.5) is 11.4 Å². The van der Waals surface area contributed by atoms with Gasteiger partial charge in [-0.05, 0) is 43.5 Å². The van der Waals surface area contributed by atoms with Crippen LogP contribution in [0, 0.1) is 5.92 Å². The largest absolute Gasteiger partial charge is 0.325 e. The van der Waals surface area contributed by atoms with E-state index in [1.54, 1.807) is 24.3 Å². The van der Waals surface area contributed by atoms with Gasteiger partial charge in [0.15, 0.2) is 0 Å². The fraction of sp³-hybridized carbons (Fsp3) is 0.462. The molecule has 1 aliphatic carbocycles. The van der Waals surface area contributed by atoms with Gasteiger partial charge in [-0.2, -0.15) is 0 Å². The Morgan fingerprint density at radius 3 is 2.57 bits per heavy atom. The van der Waals surface area contributed by atoms with Crippen LogP contribution in [0.5, 0.6) is 0 Å². The van der Waals surface area contributed by atoms with Gasteiger partial charge in [0.1, 0.15) is 0 Å². The van der Waals surface area contributed by atoms with Crippen LogP contribution in [0.3, 0.4) is 0 Å². The number of benzene rings is 1. The lowest BCUT2D eigenvalue weighted by Gasteiger charge is -2.09. The van der Waals surface area contributed by atoms with E-state index in [1.165, 1.54) is 12.8 Å². The van der Waals surface area contributed by atoms with E-state index in [0.29, 0.717) is 11.4 Å². The van der Waals surface area contributed by atoms with E-state index in [9.17, 15) is 13.2 Å². The van der Waals surface area contributed by atoms with Gasteiger partial charge in [-0.25, -0.2) is 8.42 Å². The fourth-order valence-corrected chi connectivity index (χ4v) is 2.35. The van der Waals surface area contributed by atoms with Crippen molar-refractivity contribution < 1.29 is 13.2 Å². The maximum atomic E-state index is 11.7. The van der Waals surface area contributed by atoms with Gasteiger partial charge >= 0.3 is 0 Å². The summed E-state index contributed by atoms with van der Waals surface area (Å²) in [7, 11) is -3.31. The highest BCUT2D eigenvalue weighted by atomic mass is 35.5. The molecule has 1 aliphatic rings. The highest BCUT2D eigenvalue weighted by Gasteiger charge is 2.20. The molecule has 1 saturated carbocycles. The third-order valence-electron chi connectivity index (χ3n) is 2.87. The monoisotopic (exact) mass is 333 g/mol. The predicted molar refractivity (Wildman–Crippen MR) is 86.4 cm³/mol. The molecule has 0 aliphatic heterocycles.